The summed E-state index contributed by atoms with van der Waals surface area (Å²) in [5.41, 5.74) is 1.41. The van der Waals surface area contributed by atoms with E-state index in [1.807, 2.05) is 51.1 Å². The summed E-state index contributed by atoms with van der Waals surface area (Å²) < 4.78 is 45.0. The van der Waals surface area contributed by atoms with E-state index in [0.717, 1.165) is 18.4 Å². The van der Waals surface area contributed by atoms with Gasteiger partial charge in [-0.05, 0) is 80.3 Å². The van der Waals surface area contributed by atoms with Crippen molar-refractivity contribution in [1.29, 1.82) is 0 Å². The highest BCUT2D eigenvalue weighted by molar-refractivity contribution is 9.10. The molecule has 0 radical (unpaired) electrons. The SMILES string of the molecule is CC(C)(C)OC(=O)N1CC2(CC2)C[C@H]1c1ncc(-c2ccc3c(c2)C(F)(F)c2cc(Br)ccc2-3)n1C(=O)OCc1ccccc1. The van der Waals surface area contributed by atoms with Gasteiger partial charge >= 0.3 is 12.2 Å². The zero-order chi connectivity index (χ0) is 31.7. The normalized spacial score (nSPS) is 18.9. The molecule has 7 nitrogen and oxygen atoms in total. The Morgan fingerprint density at radius 3 is 2.36 bits per heavy atom. The molecule has 1 aliphatic heterocycles. The molecule has 2 heterocycles. The minimum atomic E-state index is -3.23. The van der Waals surface area contributed by atoms with E-state index in [-0.39, 0.29) is 23.1 Å². The highest BCUT2D eigenvalue weighted by Gasteiger charge is 2.56. The van der Waals surface area contributed by atoms with Crippen LogP contribution in [0.2, 0.25) is 0 Å². The number of hydrogen-bond acceptors (Lipinski definition) is 5. The molecule has 232 valence electrons. The van der Waals surface area contributed by atoms with Gasteiger partial charge in [-0.2, -0.15) is 8.78 Å². The summed E-state index contributed by atoms with van der Waals surface area (Å²) in [6.07, 6.45) is 2.86. The van der Waals surface area contributed by atoms with E-state index in [4.69, 9.17) is 9.47 Å². The molecule has 1 aromatic heterocycles. The van der Waals surface area contributed by atoms with Crippen LogP contribution in [-0.2, 0) is 22.0 Å². The number of ether oxygens (including phenoxy) is 2. The van der Waals surface area contributed by atoms with Crippen LogP contribution >= 0.6 is 15.9 Å². The second-order valence-electron chi connectivity index (χ2n) is 13.2. The van der Waals surface area contributed by atoms with Crippen molar-refractivity contribution in [3.8, 4) is 22.4 Å². The maximum absolute atomic E-state index is 15.8. The number of carbonyl (C=O) groups excluding carboxylic acids is 2. The van der Waals surface area contributed by atoms with Gasteiger partial charge in [0.15, 0.2) is 0 Å². The molecule has 3 aliphatic rings. The molecule has 1 saturated carbocycles. The second kappa shape index (κ2) is 10.5. The van der Waals surface area contributed by atoms with Crippen LogP contribution in [0, 0.1) is 5.41 Å². The van der Waals surface area contributed by atoms with Crippen molar-refractivity contribution in [1.82, 2.24) is 14.5 Å². The number of halogens is 3. The first kappa shape index (κ1) is 29.6. The summed E-state index contributed by atoms with van der Waals surface area (Å²) in [5, 5.41) is 0. The molecule has 0 bridgehead atoms. The number of rotatable bonds is 4. The summed E-state index contributed by atoms with van der Waals surface area (Å²) in [6, 6.07) is 18.4. The standard InChI is InChI=1S/C35H32BrF2N3O4/c1-33(2,3)45-31(42)40-20-34(13-14-34)17-28(40)30-39-18-29(41(30)32(43)44-19-21-7-5-4-6-8-21)22-9-11-24-25-12-10-23(36)16-27(25)35(37,38)26(24)15-22/h4-12,15-16,18,28H,13-14,17,19-20H2,1-3H3/t28-/m0/s1. The maximum Gasteiger partial charge on any atom is 0.420 e. The van der Waals surface area contributed by atoms with Crippen LogP contribution in [0.3, 0.4) is 0 Å². The Morgan fingerprint density at radius 1 is 0.978 bits per heavy atom. The summed E-state index contributed by atoms with van der Waals surface area (Å²) >= 11 is 3.31. The number of amides is 1. The van der Waals surface area contributed by atoms with E-state index in [1.54, 1.807) is 29.2 Å². The summed E-state index contributed by atoms with van der Waals surface area (Å²) in [4.78, 5) is 33.7. The predicted molar refractivity (Wildman–Crippen MR) is 168 cm³/mol. The van der Waals surface area contributed by atoms with E-state index < -0.39 is 29.8 Å². The molecule has 1 atom stereocenters. The van der Waals surface area contributed by atoms with Crippen LogP contribution in [0.15, 0.2) is 77.4 Å². The van der Waals surface area contributed by atoms with E-state index in [0.29, 0.717) is 45.6 Å². The Morgan fingerprint density at radius 2 is 1.67 bits per heavy atom. The molecule has 2 aliphatic carbocycles. The first-order chi connectivity index (χ1) is 21.4. The van der Waals surface area contributed by atoms with Gasteiger partial charge < -0.3 is 9.47 Å². The van der Waals surface area contributed by atoms with E-state index in [1.165, 1.54) is 22.9 Å². The first-order valence-corrected chi connectivity index (χ1v) is 15.8. The van der Waals surface area contributed by atoms with E-state index >= 15 is 8.78 Å². The molecule has 2 fully saturated rings. The summed E-state index contributed by atoms with van der Waals surface area (Å²) in [5.74, 6) is -2.92. The van der Waals surface area contributed by atoms with E-state index in [2.05, 4.69) is 20.9 Å². The lowest BCUT2D eigenvalue weighted by atomic mass is 10.0. The van der Waals surface area contributed by atoms with Crippen molar-refractivity contribution in [2.45, 2.75) is 64.2 Å². The Bertz CT molecular complexity index is 1830. The lowest BCUT2D eigenvalue weighted by molar-refractivity contribution is 0.0208. The number of alkyl halides is 2. The molecule has 0 N–H and O–H groups in total. The third-order valence-electron chi connectivity index (χ3n) is 8.83. The van der Waals surface area contributed by atoms with Crippen LogP contribution in [0.25, 0.3) is 22.4 Å². The largest absolute Gasteiger partial charge is 0.444 e. The van der Waals surface area contributed by atoms with Gasteiger partial charge in [0.05, 0.1) is 17.9 Å². The average Bonchev–Trinajstić information content (AvgIpc) is 3.34. The molecule has 1 amide bonds. The van der Waals surface area contributed by atoms with Gasteiger partial charge in [0.2, 0.25) is 0 Å². The molecule has 1 spiro atoms. The quantitative estimate of drug-likeness (QED) is 0.216. The van der Waals surface area contributed by atoms with Gasteiger partial charge in [-0.1, -0.05) is 64.5 Å². The Kier molecular flexibility index (Phi) is 6.92. The minimum absolute atomic E-state index is 0.00750. The number of fused-ring (bicyclic) bond motifs is 3. The molecule has 7 rings (SSSR count). The zero-order valence-corrected chi connectivity index (χ0v) is 26.7. The summed E-state index contributed by atoms with van der Waals surface area (Å²) in [7, 11) is 0. The van der Waals surface area contributed by atoms with Gasteiger partial charge in [0.25, 0.3) is 5.92 Å². The molecular formula is C35H32BrF2N3O4. The Hall–Kier alpha value is -4.05. The lowest BCUT2D eigenvalue weighted by Gasteiger charge is -2.28. The molecule has 45 heavy (non-hydrogen) atoms. The zero-order valence-electron chi connectivity index (χ0n) is 25.1. The topological polar surface area (TPSA) is 73.7 Å². The van der Waals surface area contributed by atoms with Crippen molar-refractivity contribution in [3.63, 3.8) is 0 Å². The average molecular weight is 677 g/mol. The highest BCUT2D eigenvalue weighted by atomic mass is 79.9. The second-order valence-corrected chi connectivity index (χ2v) is 14.1. The molecule has 4 aromatic rings. The molecule has 10 heteroatoms. The van der Waals surface area contributed by atoms with Crippen LogP contribution in [0.1, 0.15) is 68.6 Å². The Balaban J connectivity index is 1.31. The predicted octanol–water partition coefficient (Wildman–Crippen LogP) is 9.08. The fourth-order valence-electron chi connectivity index (χ4n) is 6.47. The third kappa shape index (κ3) is 5.32. The smallest absolute Gasteiger partial charge is 0.420 e. The monoisotopic (exact) mass is 675 g/mol. The van der Waals surface area contributed by atoms with Crippen LogP contribution < -0.4 is 0 Å². The van der Waals surface area contributed by atoms with Gasteiger partial charge in [-0.3, -0.25) is 4.90 Å². The number of hydrogen-bond donors (Lipinski definition) is 0. The fourth-order valence-corrected chi connectivity index (χ4v) is 6.83. The van der Waals surface area contributed by atoms with Crippen molar-refractivity contribution in [2.24, 2.45) is 5.41 Å². The number of nitrogens with zero attached hydrogens (tertiary/aromatic N) is 3. The third-order valence-corrected chi connectivity index (χ3v) is 9.33. The molecule has 0 unspecified atom stereocenters. The number of likely N-dealkylation sites (tertiary alicyclic amines) is 1. The van der Waals surface area contributed by atoms with Crippen LogP contribution in [0.4, 0.5) is 18.4 Å². The van der Waals surface area contributed by atoms with E-state index in [9.17, 15) is 9.59 Å². The Labute approximate surface area is 268 Å². The first-order valence-electron chi connectivity index (χ1n) is 15.0. The van der Waals surface area contributed by atoms with Gasteiger partial charge in [-0.25, -0.2) is 19.1 Å². The molecule has 3 aromatic carbocycles. The number of carbonyl (C=O) groups is 2. The van der Waals surface area contributed by atoms with Crippen molar-refractivity contribution in [2.75, 3.05) is 6.54 Å². The molecular weight excluding hydrogens is 644 g/mol. The van der Waals surface area contributed by atoms with Gasteiger partial charge in [0.1, 0.15) is 18.0 Å². The van der Waals surface area contributed by atoms with Crippen molar-refractivity contribution in [3.05, 3.63) is 99.9 Å². The van der Waals surface area contributed by atoms with Gasteiger partial charge in [-0.15, -0.1) is 0 Å². The van der Waals surface area contributed by atoms with Crippen molar-refractivity contribution < 1.29 is 27.8 Å². The van der Waals surface area contributed by atoms with Gasteiger partial charge in [0, 0.05) is 27.7 Å². The fraction of sp³-hybridized carbons (Fsp3) is 0.343. The number of imidazole rings is 1. The molecule has 1 saturated heterocycles. The minimum Gasteiger partial charge on any atom is -0.444 e. The maximum atomic E-state index is 15.8. The highest BCUT2D eigenvalue weighted by Crippen LogP contribution is 2.59. The van der Waals surface area contributed by atoms with Crippen LogP contribution in [0.5, 0.6) is 0 Å². The van der Waals surface area contributed by atoms with Crippen molar-refractivity contribution >= 4 is 28.1 Å². The van der Waals surface area contributed by atoms with Crippen LogP contribution in [-0.4, -0.2) is 38.8 Å². The lowest BCUT2D eigenvalue weighted by Crippen LogP contribution is -2.38. The summed E-state index contributed by atoms with van der Waals surface area (Å²) in [6.45, 7) is 5.93. The number of benzene rings is 3. The number of aromatic nitrogens is 2.